The van der Waals surface area contributed by atoms with Crippen LogP contribution in [0.2, 0.25) is 0 Å². The van der Waals surface area contributed by atoms with Gasteiger partial charge >= 0.3 is 0 Å². The third-order valence-corrected chi connectivity index (χ3v) is 4.11. The Balaban J connectivity index is 2.16. The largest absolute Gasteiger partial charge is 0.368 e. The first kappa shape index (κ1) is 16.4. The molecule has 1 aromatic heterocycles. The molecule has 0 aliphatic rings. The van der Waals surface area contributed by atoms with Gasteiger partial charge in [0.25, 0.3) is 0 Å². The number of rotatable bonds is 5. The predicted octanol–water partition coefficient (Wildman–Crippen LogP) is 2.54. The predicted molar refractivity (Wildman–Crippen MR) is 90.1 cm³/mol. The summed E-state index contributed by atoms with van der Waals surface area (Å²) in [7, 11) is 0. The molecule has 0 radical (unpaired) electrons. The second-order valence-corrected chi connectivity index (χ2v) is 6.41. The highest BCUT2D eigenvalue weighted by molar-refractivity contribution is 7.99. The van der Waals surface area contributed by atoms with Crippen molar-refractivity contribution in [3.63, 3.8) is 0 Å². The van der Waals surface area contributed by atoms with Gasteiger partial charge in [0.2, 0.25) is 11.9 Å². The molecule has 2 rings (SSSR count). The summed E-state index contributed by atoms with van der Waals surface area (Å²) in [6.45, 7) is 8.13. The van der Waals surface area contributed by atoms with Crippen molar-refractivity contribution < 1.29 is 4.79 Å². The van der Waals surface area contributed by atoms with Crippen LogP contribution >= 0.6 is 11.8 Å². The van der Waals surface area contributed by atoms with Crippen LogP contribution in [0.1, 0.15) is 23.6 Å². The van der Waals surface area contributed by atoms with E-state index in [1.54, 1.807) is 4.57 Å². The van der Waals surface area contributed by atoms with Crippen LogP contribution in [0.15, 0.2) is 17.3 Å². The van der Waals surface area contributed by atoms with Gasteiger partial charge in [-0.2, -0.15) is 0 Å². The fraction of sp³-hybridized carbons (Fsp3) is 0.400. The molecule has 1 heterocycles. The quantitative estimate of drug-likeness (QED) is 0.827. The van der Waals surface area contributed by atoms with E-state index in [0.29, 0.717) is 5.16 Å². The fourth-order valence-corrected chi connectivity index (χ4v) is 3.05. The van der Waals surface area contributed by atoms with Crippen molar-refractivity contribution in [2.45, 2.75) is 39.4 Å². The number of benzene rings is 1. The number of carbonyl (C=O) groups is 1. The summed E-state index contributed by atoms with van der Waals surface area (Å²) in [5.41, 5.74) is 9.92. The molecule has 0 unspecified atom stereocenters. The normalized spacial score (nSPS) is 10.7. The summed E-state index contributed by atoms with van der Waals surface area (Å²) in [5.74, 6) is 0.957. The Kier molecular flexibility index (Phi) is 5.07. The van der Waals surface area contributed by atoms with E-state index in [1.807, 2.05) is 39.8 Å². The van der Waals surface area contributed by atoms with Gasteiger partial charge in [-0.25, -0.2) is 0 Å². The third-order valence-electron chi connectivity index (χ3n) is 3.26. The minimum Gasteiger partial charge on any atom is -0.368 e. The van der Waals surface area contributed by atoms with Crippen molar-refractivity contribution in [1.82, 2.24) is 14.8 Å². The van der Waals surface area contributed by atoms with Crippen molar-refractivity contribution in [2.24, 2.45) is 0 Å². The molecule has 0 saturated carbocycles. The number of amides is 1. The van der Waals surface area contributed by atoms with Crippen molar-refractivity contribution in [3.8, 4) is 0 Å². The van der Waals surface area contributed by atoms with Crippen molar-refractivity contribution in [3.05, 3.63) is 28.8 Å². The highest BCUT2D eigenvalue weighted by Gasteiger charge is 2.14. The number of hydrogen-bond acceptors (Lipinski definition) is 5. The zero-order valence-corrected chi connectivity index (χ0v) is 14.1. The Bertz CT molecular complexity index is 672. The summed E-state index contributed by atoms with van der Waals surface area (Å²) >= 11 is 1.51. The first-order chi connectivity index (χ1) is 10.4. The summed E-state index contributed by atoms with van der Waals surface area (Å²) < 4.78 is 1.63. The molecule has 0 bridgehead atoms. The van der Waals surface area contributed by atoms with E-state index >= 15 is 0 Å². The number of nitrogens with one attached hydrogen (secondary N) is 1. The lowest BCUT2D eigenvalue weighted by molar-refractivity contribution is -0.116. The maximum Gasteiger partial charge on any atom is 0.244 e. The van der Waals surface area contributed by atoms with Crippen LogP contribution in [0.25, 0.3) is 0 Å². The van der Waals surface area contributed by atoms with E-state index in [9.17, 15) is 4.79 Å². The summed E-state index contributed by atoms with van der Waals surface area (Å²) in [5, 5.41) is 11.4. The van der Waals surface area contributed by atoms with E-state index in [-0.39, 0.29) is 18.4 Å². The molecule has 0 aliphatic heterocycles. The van der Waals surface area contributed by atoms with Gasteiger partial charge in [-0.05, 0) is 37.7 Å². The van der Waals surface area contributed by atoms with Crippen LogP contribution in [-0.4, -0.2) is 26.4 Å². The number of anilines is 2. The van der Waals surface area contributed by atoms with Crippen LogP contribution in [-0.2, 0) is 11.3 Å². The van der Waals surface area contributed by atoms with Gasteiger partial charge in [-0.15, -0.1) is 10.2 Å². The number of thioether (sulfide) groups is 1. The molecular weight excluding hydrogens is 298 g/mol. The average molecular weight is 319 g/mol. The molecule has 0 aliphatic carbocycles. The summed E-state index contributed by atoms with van der Waals surface area (Å²) in [6, 6.07) is 4.10. The number of nitrogen functional groups attached to an aromatic ring is 1. The van der Waals surface area contributed by atoms with E-state index in [0.717, 1.165) is 22.6 Å². The van der Waals surface area contributed by atoms with E-state index in [4.69, 9.17) is 5.73 Å². The zero-order chi connectivity index (χ0) is 16.3. The standard InChI is InChI=1S/C15H21N5OS/c1-5-22-15-19-18-14(16)20(15)8-12(21)17-13-10(3)6-9(2)7-11(13)4/h6-7H,5,8H2,1-4H3,(H2,16,18)(H,17,21). The molecule has 3 N–H and O–H groups in total. The average Bonchev–Trinajstić information content (AvgIpc) is 2.76. The Morgan fingerprint density at radius 2 is 1.91 bits per heavy atom. The minimum atomic E-state index is -0.139. The number of nitrogens with two attached hydrogens (primary N) is 1. The molecule has 6 nitrogen and oxygen atoms in total. The van der Waals surface area contributed by atoms with Crippen molar-refractivity contribution >= 4 is 29.3 Å². The van der Waals surface area contributed by atoms with Gasteiger partial charge in [0.15, 0.2) is 5.16 Å². The van der Waals surface area contributed by atoms with Crippen molar-refractivity contribution in [2.75, 3.05) is 16.8 Å². The SMILES string of the molecule is CCSc1nnc(N)n1CC(=O)Nc1c(C)cc(C)cc1C. The van der Waals surface area contributed by atoms with E-state index in [1.165, 1.54) is 17.3 Å². The Morgan fingerprint density at radius 3 is 2.50 bits per heavy atom. The summed E-state index contributed by atoms with van der Waals surface area (Å²) in [6.07, 6.45) is 0. The van der Waals surface area contributed by atoms with Crippen LogP contribution < -0.4 is 11.1 Å². The Hall–Kier alpha value is -2.02. The lowest BCUT2D eigenvalue weighted by Gasteiger charge is -2.14. The Morgan fingerprint density at radius 1 is 1.27 bits per heavy atom. The minimum absolute atomic E-state index is 0.105. The topological polar surface area (TPSA) is 85.8 Å². The molecule has 118 valence electrons. The first-order valence-corrected chi connectivity index (χ1v) is 8.10. The van der Waals surface area contributed by atoms with Gasteiger partial charge in [0, 0.05) is 5.69 Å². The van der Waals surface area contributed by atoms with Crippen molar-refractivity contribution in [1.29, 1.82) is 0 Å². The second-order valence-electron chi connectivity index (χ2n) is 5.18. The smallest absolute Gasteiger partial charge is 0.244 e. The zero-order valence-electron chi connectivity index (χ0n) is 13.3. The fourth-order valence-electron chi connectivity index (χ4n) is 2.38. The lowest BCUT2D eigenvalue weighted by Crippen LogP contribution is -2.21. The van der Waals surface area contributed by atoms with Gasteiger partial charge in [0.05, 0.1) is 0 Å². The number of aryl methyl sites for hydroxylation is 3. The van der Waals surface area contributed by atoms with Crippen LogP contribution in [0.5, 0.6) is 0 Å². The Labute approximate surface area is 134 Å². The molecule has 0 atom stereocenters. The van der Waals surface area contributed by atoms with Gasteiger partial charge < -0.3 is 11.1 Å². The molecule has 0 fully saturated rings. The van der Waals surface area contributed by atoms with E-state index < -0.39 is 0 Å². The van der Waals surface area contributed by atoms with Gasteiger partial charge in [-0.1, -0.05) is 36.4 Å². The number of hydrogen-bond donors (Lipinski definition) is 2. The molecule has 7 heteroatoms. The number of aromatic nitrogens is 3. The maximum absolute atomic E-state index is 12.3. The highest BCUT2D eigenvalue weighted by Crippen LogP contribution is 2.22. The lowest BCUT2D eigenvalue weighted by atomic mass is 10.1. The van der Waals surface area contributed by atoms with Crippen LogP contribution in [0, 0.1) is 20.8 Å². The first-order valence-electron chi connectivity index (χ1n) is 7.11. The van der Waals surface area contributed by atoms with Crippen LogP contribution in [0.4, 0.5) is 11.6 Å². The van der Waals surface area contributed by atoms with E-state index in [2.05, 4.69) is 15.5 Å². The van der Waals surface area contributed by atoms with Gasteiger partial charge in [0.1, 0.15) is 6.54 Å². The number of nitrogens with zero attached hydrogens (tertiary/aromatic N) is 3. The number of carbonyl (C=O) groups excluding carboxylic acids is 1. The highest BCUT2D eigenvalue weighted by atomic mass is 32.2. The molecule has 0 saturated heterocycles. The molecule has 0 spiro atoms. The second kappa shape index (κ2) is 6.83. The molecule has 22 heavy (non-hydrogen) atoms. The maximum atomic E-state index is 12.3. The summed E-state index contributed by atoms with van der Waals surface area (Å²) in [4.78, 5) is 12.3. The molecule has 1 aromatic carbocycles. The monoisotopic (exact) mass is 319 g/mol. The van der Waals surface area contributed by atoms with Gasteiger partial charge in [-0.3, -0.25) is 9.36 Å². The molecular formula is C15H21N5OS. The van der Waals surface area contributed by atoms with Crippen LogP contribution in [0.3, 0.4) is 0 Å². The molecule has 2 aromatic rings. The molecule has 1 amide bonds. The third kappa shape index (κ3) is 3.59.